The summed E-state index contributed by atoms with van der Waals surface area (Å²) in [7, 11) is 0. The zero-order chi connectivity index (χ0) is 85.0. The van der Waals surface area contributed by atoms with Gasteiger partial charge in [0.2, 0.25) is 0 Å². The van der Waals surface area contributed by atoms with Gasteiger partial charge >= 0.3 is 24.7 Å². The van der Waals surface area contributed by atoms with Crippen molar-refractivity contribution in [3.8, 4) is 22.3 Å². The van der Waals surface area contributed by atoms with Crippen LogP contribution in [-0.2, 0) is 44.9 Å². The van der Waals surface area contributed by atoms with Crippen molar-refractivity contribution < 1.29 is 290 Å². The Morgan fingerprint density at radius 2 is 0.492 bits per heavy atom. The van der Waals surface area contributed by atoms with Crippen molar-refractivity contribution >= 4 is 122 Å². The molecule has 0 unspecified atom stereocenters. The van der Waals surface area contributed by atoms with Gasteiger partial charge in [-0.25, -0.2) is 0 Å². The van der Waals surface area contributed by atoms with Crippen molar-refractivity contribution in [2.24, 2.45) is 0 Å². The fraction of sp³-hybridized carbons (Fsp3) is 0.122. The second-order valence-electron chi connectivity index (χ2n) is 28.4. The van der Waals surface area contributed by atoms with Crippen LogP contribution in [-0.4, -0.2) is 88.2 Å². The minimum Gasteiger partial charge on any atom is -0.507 e. The van der Waals surface area contributed by atoms with E-state index in [-0.39, 0.29) is 238 Å². The van der Waals surface area contributed by atoms with Crippen LogP contribution in [0, 0.1) is 212 Å². The van der Waals surface area contributed by atoms with Gasteiger partial charge < -0.3 is 35.3 Å². The Kier molecular flexibility index (Phi) is 36.7. The summed E-state index contributed by atoms with van der Waals surface area (Å²) in [5.41, 5.74) is 10.7. The number of aromatic nitrogens is 4. The van der Waals surface area contributed by atoms with Gasteiger partial charge in [0.1, 0.15) is 23.0 Å². The first-order chi connectivity index (χ1) is 57.4. The Morgan fingerprint density at radius 1 is 0.238 bits per heavy atom. The molecule has 0 saturated heterocycles. The van der Waals surface area contributed by atoms with Crippen molar-refractivity contribution in [3.63, 3.8) is 0 Å². The first-order valence-corrected chi connectivity index (χ1v) is 37.6. The topological polar surface area (TPSA) is 201 Å². The number of fused-ring (bicyclic) bond motifs is 13. The van der Waals surface area contributed by atoms with E-state index >= 15 is 0 Å². The van der Waals surface area contributed by atoms with Crippen molar-refractivity contribution in [1.82, 2.24) is 19.9 Å². The zero-order valence-electron chi connectivity index (χ0n) is 66.5. The molecular formula is C98H72Eu4F12N4O8-2. The van der Waals surface area contributed by atoms with Crippen LogP contribution in [0.4, 0.5) is 52.7 Å². The Hall–Kier alpha value is -7.82. The molecular weight excluding hydrogens is 2200 g/mol. The molecule has 4 aliphatic rings. The van der Waals surface area contributed by atoms with Crippen molar-refractivity contribution in [3.05, 3.63) is 361 Å². The monoisotopic (exact) mass is 2270 g/mol. The van der Waals surface area contributed by atoms with Crippen LogP contribution in [0.2, 0.25) is 0 Å². The summed E-state index contributed by atoms with van der Waals surface area (Å²) in [6, 6.07) is 80.6. The third-order valence-electron chi connectivity index (χ3n) is 20.9. The molecule has 28 heteroatoms. The fourth-order valence-corrected chi connectivity index (χ4v) is 15.1. The normalized spacial score (nSPS) is 13.2. The fourth-order valence-electron chi connectivity index (χ4n) is 15.1. The molecule has 4 N–H and O–H groups in total. The maximum atomic E-state index is 12.5. The Labute approximate surface area is 878 Å². The molecule has 0 aliphatic heterocycles. The minimum atomic E-state index is -4.96. The minimum absolute atomic E-state index is 0. The standard InChI is InChI=1S/C24H16N2.3C16H11F3O2.C12H9F3O2.C12H8N2.2CH3.4Eu/c1-3-7-17(8-4-1)19-13-15-25-23-21(19)11-12-22-20(14-16-26-24(22)23)18-9-5-2-6-10-18;3*17-16(18,19)15(21)12-6-5-11-7-9-3-1-2-4-10(9)8-13(11)14(12)20;13-12(14,15)11(17)9-6-5-7-3-1-2-4-8(7)10(9)16;1-3-9-5-6-10-4-2-8-14-12(10)11(9)13-7-1;;;;;;/h1-16H;3*1-4,7-8,20H,5-6H2;1-4,16H,5-6H2;1-8H;2*1H3;;;;/q;;;;;;2*-1;;;;. The van der Waals surface area contributed by atoms with E-state index in [0.29, 0.717) is 47.9 Å². The van der Waals surface area contributed by atoms with E-state index in [1.165, 1.54) is 28.3 Å². The van der Waals surface area contributed by atoms with E-state index < -0.39 is 93.2 Å². The summed E-state index contributed by atoms with van der Waals surface area (Å²) in [6.07, 6.45) is -11.6. The maximum Gasteiger partial charge on any atom is 0.454 e. The van der Waals surface area contributed by atoms with Crippen molar-refractivity contribution in [2.45, 2.75) is 76.1 Å². The van der Waals surface area contributed by atoms with Gasteiger partial charge in [-0.2, -0.15) is 52.7 Å². The summed E-state index contributed by atoms with van der Waals surface area (Å²) in [5.74, 6) is -10.0. The number of hydrogen-bond acceptors (Lipinski definition) is 12. The first kappa shape index (κ1) is 104. The number of aliphatic hydroxyl groups is 4. The Morgan fingerprint density at radius 3 is 0.802 bits per heavy atom. The van der Waals surface area contributed by atoms with Crippen LogP contribution in [0.1, 0.15) is 70.2 Å². The summed E-state index contributed by atoms with van der Waals surface area (Å²) in [5, 5.41) is 49.8. The molecule has 12 nitrogen and oxygen atoms in total. The van der Waals surface area contributed by atoms with Gasteiger partial charge in [0, 0.05) is 288 Å². The molecule has 15 aromatic rings. The van der Waals surface area contributed by atoms with Crippen LogP contribution >= 0.6 is 0 Å². The predicted molar refractivity (Wildman–Crippen MR) is 452 cm³/mol. The Balaban J connectivity index is 0.000000187. The number of halogens is 12. The third-order valence-corrected chi connectivity index (χ3v) is 20.9. The summed E-state index contributed by atoms with van der Waals surface area (Å²) >= 11 is 0. The molecule has 0 fully saturated rings. The number of nitrogens with zero attached hydrogens (tertiary/aromatic N) is 4. The summed E-state index contributed by atoms with van der Waals surface area (Å²) in [6.45, 7) is 0. The van der Waals surface area contributed by atoms with Gasteiger partial charge in [0.15, 0.2) is 0 Å². The van der Waals surface area contributed by atoms with Gasteiger partial charge in [0.05, 0.1) is 22.1 Å². The molecule has 0 spiro atoms. The molecule has 0 amide bonds. The van der Waals surface area contributed by atoms with Crippen LogP contribution in [0.15, 0.2) is 302 Å². The Bertz CT molecular complexity index is 6250. The number of allylic oxidation sites excluding steroid dienone is 4. The van der Waals surface area contributed by atoms with E-state index in [1.54, 1.807) is 67.0 Å². The number of carbonyl (C=O) groups excluding carboxylic acids is 4. The molecule has 11 aromatic carbocycles. The average molecular weight is 2270 g/mol. The molecule has 4 heterocycles. The second kappa shape index (κ2) is 44.7. The van der Waals surface area contributed by atoms with E-state index in [9.17, 15) is 92.3 Å². The molecule has 0 saturated carbocycles. The molecule has 4 aliphatic carbocycles. The molecule has 4 aromatic heterocycles. The second-order valence-corrected chi connectivity index (χ2v) is 28.4. The van der Waals surface area contributed by atoms with Gasteiger partial charge in [0.25, 0.3) is 23.1 Å². The number of ketones is 4. The number of rotatable bonds is 6. The smallest absolute Gasteiger partial charge is 0.454 e. The molecule has 19 rings (SSSR count). The van der Waals surface area contributed by atoms with Crippen LogP contribution in [0.3, 0.4) is 0 Å². The van der Waals surface area contributed by atoms with Crippen molar-refractivity contribution in [2.75, 3.05) is 0 Å². The van der Waals surface area contributed by atoms with Gasteiger partial charge in [-0.05, 0) is 171 Å². The molecule has 0 atom stereocenters. The van der Waals surface area contributed by atoms with Gasteiger partial charge in [-0.3, -0.25) is 39.1 Å². The quantitative estimate of drug-likeness (QED) is 0.0698. The molecule has 0 bridgehead atoms. The van der Waals surface area contributed by atoms with E-state index in [1.807, 2.05) is 109 Å². The first-order valence-electron chi connectivity index (χ1n) is 37.6. The van der Waals surface area contributed by atoms with E-state index in [0.717, 1.165) is 98.2 Å². The van der Waals surface area contributed by atoms with Crippen LogP contribution < -0.4 is 0 Å². The largest absolute Gasteiger partial charge is 0.507 e. The number of pyridine rings is 4. The summed E-state index contributed by atoms with van der Waals surface area (Å²) < 4.78 is 150. The number of alkyl halides is 12. The summed E-state index contributed by atoms with van der Waals surface area (Å²) in [4.78, 5) is 63.2. The number of benzene rings is 11. The number of aryl methyl sites for hydroxylation is 4. The number of hydrogen-bond donors (Lipinski definition) is 4. The third kappa shape index (κ3) is 23.5. The molecule has 646 valence electrons. The molecule has 126 heavy (non-hydrogen) atoms. The van der Waals surface area contributed by atoms with Gasteiger partial charge in [-0.15, -0.1) is 0 Å². The number of carbonyl (C=O) groups is 4. The SMILES string of the molecule is O=C(C1=C(O)c2cc3ccccc3cc2CC1)C(F)(F)F.O=C(C1=C(O)c2cc3ccccc3cc2CC1)C(F)(F)F.O=C(C1=C(O)c2cc3ccccc3cc2CC1)C(F)(F)F.O=C(C1=C(O)c2ccccc2CC1)C(F)(F)F.[CH3-].[CH3-].[Eu].[Eu].[Eu].[Eu].c1ccc(-c2ccnc3c2ccc2c(-c4ccccc4)ccnc23)cc1.c1cnc2c(c1)ccc1cccnc12. The van der Waals surface area contributed by atoms with E-state index in [2.05, 4.69) is 117 Å². The maximum absolute atomic E-state index is 12.5. The number of Topliss-reactive ketones (excluding diaryl/α,β-unsaturated/α-hetero) is 4. The van der Waals surface area contributed by atoms with Crippen molar-refractivity contribution in [1.29, 1.82) is 0 Å². The van der Waals surface area contributed by atoms with Gasteiger partial charge in [-0.1, -0.05) is 212 Å². The van der Waals surface area contributed by atoms with Crippen LogP contribution in [0.5, 0.6) is 0 Å². The molecule has 4 radical (unpaired) electrons. The predicted octanol–water partition coefficient (Wildman–Crippen LogP) is 25.4. The average Bonchev–Trinajstić information content (AvgIpc) is 0.771. The zero-order valence-corrected chi connectivity index (χ0v) is 76.2. The van der Waals surface area contributed by atoms with Crippen LogP contribution in [0.25, 0.3) is 121 Å². The number of aliphatic hydroxyl groups excluding tert-OH is 4. The van der Waals surface area contributed by atoms with E-state index in [4.69, 9.17) is 0 Å².